The van der Waals surface area contributed by atoms with Crippen molar-refractivity contribution in [1.82, 2.24) is 4.31 Å². The van der Waals surface area contributed by atoms with E-state index in [1.165, 1.54) is 4.31 Å². The van der Waals surface area contributed by atoms with E-state index in [0.29, 0.717) is 13.0 Å². The highest BCUT2D eigenvalue weighted by molar-refractivity contribution is 7.89. The first-order valence-corrected chi connectivity index (χ1v) is 8.94. The molecule has 2 atom stereocenters. The van der Waals surface area contributed by atoms with Gasteiger partial charge in [0.1, 0.15) is 0 Å². The molecule has 6 heteroatoms. The number of sulfonamides is 1. The molecule has 1 aliphatic heterocycles. The van der Waals surface area contributed by atoms with Gasteiger partial charge in [0.25, 0.3) is 0 Å². The number of alkyl halides is 1. The van der Waals surface area contributed by atoms with Crippen molar-refractivity contribution in [3.05, 3.63) is 35.9 Å². The summed E-state index contributed by atoms with van der Waals surface area (Å²) in [5.41, 5.74) is 0.797. The molecule has 1 aromatic rings. The van der Waals surface area contributed by atoms with Crippen LogP contribution in [0.5, 0.6) is 0 Å². The minimum Gasteiger partial charge on any atom is -0.388 e. The van der Waals surface area contributed by atoms with Crippen LogP contribution in [0.25, 0.3) is 0 Å². The minimum atomic E-state index is -3.42. The van der Waals surface area contributed by atoms with E-state index < -0.39 is 22.8 Å². The maximum atomic E-state index is 12.2. The number of rotatable bonds is 7. The smallest absolute Gasteiger partial charge is 0.214 e. The average molecular weight is 315 g/mol. The lowest BCUT2D eigenvalue weighted by molar-refractivity contribution is 0.142. The molecule has 2 unspecified atom stereocenters. The zero-order chi connectivity index (χ0) is 15.3. The molecular formula is C15H22FNO3S. The molecule has 1 N–H and O–H groups in total. The van der Waals surface area contributed by atoms with E-state index in [0.717, 1.165) is 18.4 Å². The van der Waals surface area contributed by atoms with E-state index in [-0.39, 0.29) is 18.2 Å². The summed E-state index contributed by atoms with van der Waals surface area (Å²) in [5.74, 6) is -0.151. The molecule has 0 bridgehead atoms. The number of benzene rings is 1. The molecule has 0 radical (unpaired) electrons. The Morgan fingerprint density at radius 3 is 2.71 bits per heavy atom. The lowest BCUT2D eigenvalue weighted by Gasteiger charge is -2.26. The van der Waals surface area contributed by atoms with Crippen LogP contribution in [-0.2, 0) is 10.0 Å². The third-order valence-electron chi connectivity index (χ3n) is 3.90. The van der Waals surface area contributed by atoms with Gasteiger partial charge in [0, 0.05) is 12.6 Å². The normalized spacial score (nSPS) is 21.5. The summed E-state index contributed by atoms with van der Waals surface area (Å²) >= 11 is 0. The molecule has 1 fully saturated rings. The Bertz CT molecular complexity index is 535. The Hall–Kier alpha value is -0.980. The fourth-order valence-corrected chi connectivity index (χ4v) is 4.60. The van der Waals surface area contributed by atoms with Crippen LogP contribution in [0.15, 0.2) is 30.3 Å². The van der Waals surface area contributed by atoms with Gasteiger partial charge in [-0.15, -0.1) is 0 Å². The fraction of sp³-hybridized carbons (Fsp3) is 0.600. The van der Waals surface area contributed by atoms with Gasteiger partial charge in [-0.1, -0.05) is 30.3 Å². The second-order valence-electron chi connectivity index (χ2n) is 5.43. The molecule has 0 amide bonds. The first-order chi connectivity index (χ1) is 10.0. The van der Waals surface area contributed by atoms with E-state index in [2.05, 4.69) is 0 Å². The van der Waals surface area contributed by atoms with Crippen molar-refractivity contribution < 1.29 is 17.9 Å². The van der Waals surface area contributed by atoms with Gasteiger partial charge in [-0.25, -0.2) is 8.42 Å². The van der Waals surface area contributed by atoms with Gasteiger partial charge >= 0.3 is 0 Å². The summed E-state index contributed by atoms with van der Waals surface area (Å²) in [4.78, 5) is 0. The van der Waals surface area contributed by atoms with E-state index in [1.807, 2.05) is 30.3 Å². The van der Waals surface area contributed by atoms with E-state index in [1.54, 1.807) is 0 Å². The van der Waals surface area contributed by atoms with Gasteiger partial charge in [0.05, 0.1) is 18.5 Å². The van der Waals surface area contributed by atoms with Crippen LogP contribution in [0.2, 0.25) is 0 Å². The SMILES string of the molecule is O=S(=O)(CCCF)N1CCCC1CC(O)c1ccccc1. The maximum Gasteiger partial charge on any atom is 0.214 e. The van der Waals surface area contributed by atoms with Crippen LogP contribution in [0.1, 0.15) is 37.4 Å². The van der Waals surface area contributed by atoms with Crippen LogP contribution in [-0.4, -0.2) is 42.8 Å². The van der Waals surface area contributed by atoms with Gasteiger partial charge in [0.15, 0.2) is 0 Å². The van der Waals surface area contributed by atoms with Crippen molar-refractivity contribution in [3.8, 4) is 0 Å². The Morgan fingerprint density at radius 2 is 2.05 bits per heavy atom. The summed E-state index contributed by atoms with van der Waals surface area (Å²) in [5, 5.41) is 10.3. The molecule has 1 saturated heterocycles. The van der Waals surface area contributed by atoms with Gasteiger partial charge in [-0.05, 0) is 31.2 Å². The number of hydrogen-bond acceptors (Lipinski definition) is 3. The zero-order valence-corrected chi connectivity index (χ0v) is 12.8. The number of hydrogen-bond donors (Lipinski definition) is 1. The Balaban J connectivity index is 2.02. The monoisotopic (exact) mass is 315 g/mol. The van der Waals surface area contributed by atoms with Gasteiger partial charge in [0.2, 0.25) is 10.0 Å². The lowest BCUT2D eigenvalue weighted by atomic mass is 10.0. The molecular weight excluding hydrogens is 293 g/mol. The van der Waals surface area contributed by atoms with Crippen LogP contribution >= 0.6 is 0 Å². The predicted octanol–water partition coefficient (Wildman–Crippen LogP) is 2.26. The first kappa shape index (κ1) is 16.4. The lowest BCUT2D eigenvalue weighted by Crippen LogP contribution is -2.38. The van der Waals surface area contributed by atoms with Crippen molar-refractivity contribution in [2.24, 2.45) is 0 Å². The largest absolute Gasteiger partial charge is 0.388 e. The Kier molecular flexibility index (Phi) is 5.72. The zero-order valence-electron chi connectivity index (χ0n) is 12.0. The number of nitrogens with zero attached hydrogens (tertiary/aromatic N) is 1. The number of halogens is 1. The average Bonchev–Trinajstić information content (AvgIpc) is 2.95. The fourth-order valence-electron chi connectivity index (χ4n) is 2.83. The highest BCUT2D eigenvalue weighted by atomic mass is 32.2. The molecule has 0 aliphatic carbocycles. The number of aliphatic hydroxyl groups is 1. The van der Waals surface area contributed by atoms with E-state index >= 15 is 0 Å². The minimum absolute atomic E-state index is 0.0345. The molecule has 0 aromatic heterocycles. The summed E-state index contributed by atoms with van der Waals surface area (Å²) in [6.45, 7) is -0.148. The third kappa shape index (κ3) is 4.25. The second-order valence-corrected chi connectivity index (χ2v) is 7.47. The van der Waals surface area contributed by atoms with Crippen molar-refractivity contribution in [2.45, 2.75) is 37.8 Å². The number of aliphatic hydroxyl groups excluding tert-OH is 1. The van der Waals surface area contributed by atoms with Crippen LogP contribution in [0.4, 0.5) is 4.39 Å². The highest BCUT2D eigenvalue weighted by Crippen LogP contribution is 2.29. The summed E-state index contributed by atoms with van der Waals surface area (Å²) in [7, 11) is -3.42. The molecule has 2 rings (SSSR count). The summed E-state index contributed by atoms with van der Waals surface area (Å²) in [6.07, 6.45) is 1.29. The van der Waals surface area contributed by atoms with Gasteiger partial charge < -0.3 is 5.11 Å². The standard InChI is InChI=1S/C15H22FNO3S/c16-9-5-11-21(19,20)17-10-4-8-14(17)12-15(18)13-6-2-1-3-7-13/h1-3,6-7,14-15,18H,4-5,8-12H2. The molecule has 1 aromatic carbocycles. The van der Waals surface area contributed by atoms with Gasteiger partial charge in [-0.2, -0.15) is 4.31 Å². The first-order valence-electron chi connectivity index (χ1n) is 7.33. The molecule has 1 heterocycles. The van der Waals surface area contributed by atoms with Crippen molar-refractivity contribution in [1.29, 1.82) is 0 Å². The molecule has 4 nitrogen and oxygen atoms in total. The van der Waals surface area contributed by atoms with Crippen LogP contribution in [0.3, 0.4) is 0 Å². The van der Waals surface area contributed by atoms with E-state index in [4.69, 9.17) is 0 Å². The van der Waals surface area contributed by atoms with Crippen molar-refractivity contribution in [2.75, 3.05) is 19.0 Å². The predicted molar refractivity (Wildman–Crippen MR) is 80.1 cm³/mol. The summed E-state index contributed by atoms with van der Waals surface area (Å²) < 4.78 is 38.1. The molecule has 0 saturated carbocycles. The second kappa shape index (κ2) is 7.33. The van der Waals surface area contributed by atoms with Crippen LogP contribution < -0.4 is 0 Å². The van der Waals surface area contributed by atoms with Crippen LogP contribution in [0, 0.1) is 0 Å². The van der Waals surface area contributed by atoms with Crippen molar-refractivity contribution in [3.63, 3.8) is 0 Å². The molecule has 0 spiro atoms. The van der Waals surface area contributed by atoms with Crippen molar-refractivity contribution >= 4 is 10.0 Å². The topological polar surface area (TPSA) is 57.6 Å². The quantitative estimate of drug-likeness (QED) is 0.840. The van der Waals surface area contributed by atoms with Gasteiger partial charge in [-0.3, -0.25) is 4.39 Å². The molecule has 21 heavy (non-hydrogen) atoms. The molecule has 1 aliphatic rings. The Labute approximate surface area is 125 Å². The highest BCUT2D eigenvalue weighted by Gasteiger charge is 2.34. The third-order valence-corrected chi connectivity index (χ3v) is 5.90. The maximum absolute atomic E-state index is 12.2. The van der Waals surface area contributed by atoms with E-state index in [9.17, 15) is 17.9 Å². The Morgan fingerprint density at radius 1 is 1.33 bits per heavy atom. The summed E-state index contributed by atoms with van der Waals surface area (Å²) in [6, 6.07) is 9.05. The molecule has 118 valence electrons.